The largest absolute Gasteiger partial charge is 0.455 e. The fourth-order valence-corrected chi connectivity index (χ4v) is 12.1. The molecule has 2 aliphatic rings. The lowest BCUT2D eigenvalue weighted by molar-refractivity contribution is 0.631. The molecular formula is C66H48N2O. The summed E-state index contributed by atoms with van der Waals surface area (Å²) in [6, 6.07) is 80.7. The lowest BCUT2D eigenvalue weighted by Crippen LogP contribution is -2.31. The predicted octanol–water partition coefficient (Wildman–Crippen LogP) is 18.6. The van der Waals surface area contributed by atoms with E-state index in [1.165, 1.54) is 88.4 Å². The lowest BCUT2D eigenvalue weighted by atomic mass is 9.71. The van der Waals surface area contributed by atoms with Crippen molar-refractivity contribution in [2.24, 2.45) is 0 Å². The molecule has 328 valence electrons. The second-order valence-electron chi connectivity index (χ2n) is 20.1. The van der Waals surface area contributed by atoms with Crippen LogP contribution in [0.2, 0.25) is 0 Å². The fraction of sp³-hybridized carbons (Fsp3) is 0.0909. The Balaban J connectivity index is 0.884. The molecule has 0 atom stereocenters. The van der Waals surface area contributed by atoms with Crippen LogP contribution in [-0.4, -0.2) is 0 Å². The molecule has 2 aliphatic heterocycles. The summed E-state index contributed by atoms with van der Waals surface area (Å²) in [4.78, 5) is 4.95. The van der Waals surface area contributed by atoms with Gasteiger partial charge in [-0.05, 0) is 138 Å². The van der Waals surface area contributed by atoms with Crippen LogP contribution in [0.1, 0.15) is 49.9 Å². The van der Waals surface area contributed by atoms with Gasteiger partial charge in [0.05, 0.1) is 22.7 Å². The Morgan fingerprint density at radius 3 is 1.33 bits per heavy atom. The van der Waals surface area contributed by atoms with Crippen molar-refractivity contribution < 1.29 is 4.42 Å². The lowest BCUT2D eigenvalue weighted by Gasteiger charge is -2.43. The topological polar surface area (TPSA) is 19.6 Å². The predicted molar refractivity (Wildman–Crippen MR) is 291 cm³/mol. The van der Waals surface area contributed by atoms with Gasteiger partial charge < -0.3 is 14.2 Å². The van der Waals surface area contributed by atoms with E-state index in [0.29, 0.717) is 0 Å². The zero-order chi connectivity index (χ0) is 46.2. The van der Waals surface area contributed by atoms with Gasteiger partial charge in [0.15, 0.2) is 0 Å². The Hall–Kier alpha value is -8.40. The molecule has 3 heterocycles. The Morgan fingerprint density at radius 2 is 0.739 bits per heavy atom. The SMILES string of the molecule is CC1(C)c2ccccc2N(c2ccc(-c3cccc4c3oc3ccccc34)cc2)c2ccc(-c3ccc4c(c3)C(C)(C)c3ccccc3N4c3ccc4c5ccccc5c5ccccc5c4c3)cc21. The average molecular weight is 885 g/mol. The van der Waals surface area contributed by atoms with Crippen molar-refractivity contribution in [3.05, 3.63) is 241 Å². The third kappa shape index (κ3) is 5.74. The van der Waals surface area contributed by atoms with E-state index in [0.717, 1.165) is 44.4 Å². The first-order chi connectivity index (χ1) is 33.7. The molecule has 11 aromatic carbocycles. The standard InChI is InChI=1S/C66H48N2O/c1-65(2)55-23-10-12-25-59(55)67(44-32-28-41(29-33-44)46-21-15-22-53-52-20-9-14-27-63(52)69-64(46)53)61-36-30-42(38-57(61)65)43-31-37-62-58(39-43)66(3,4)56-24-11-13-26-60(56)68(62)45-34-35-51-49-18-6-5-16-47(49)48-17-7-8-19-50(48)54(51)40-45/h5-40H,1-4H3. The highest BCUT2D eigenvalue weighted by Crippen LogP contribution is 2.56. The second-order valence-corrected chi connectivity index (χ2v) is 20.1. The highest BCUT2D eigenvalue weighted by atomic mass is 16.3. The van der Waals surface area contributed by atoms with Gasteiger partial charge >= 0.3 is 0 Å². The summed E-state index contributed by atoms with van der Waals surface area (Å²) in [5, 5.41) is 9.97. The van der Waals surface area contributed by atoms with Gasteiger partial charge in [-0.25, -0.2) is 0 Å². The van der Waals surface area contributed by atoms with Gasteiger partial charge in [0, 0.05) is 38.5 Å². The maximum absolute atomic E-state index is 6.46. The van der Waals surface area contributed by atoms with Crippen LogP contribution in [0.15, 0.2) is 223 Å². The van der Waals surface area contributed by atoms with Crippen LogP contribution < -0.4 is 9.80 Å². The number of hydrogen-bond acceptors (Lipinski definition) is 3. The molecule has 0 saturated carbocycles. The molecule has 0 unspecified atom stereocenters. The van der Waals surface area contributed by atoms with Gasteiger partial charge in [0.25, 0.3) is 0 Å². The third-order valence-corrected chi connectivity index (χ3v) is 15.6. The van der Waals surface area contributed by atoms with Gasteiger partial charge in [-0.15, -0.1) is 0 Å². The van der Waals surface area contributed by atoms with Crippen LogP contribution in [0.25, 0.3) is 76.5 Å². The Labute approximate surface area is 402 Å². The van der Waals surface area contributed by atoms with E-state index in [1.54, 1.807) is 0 Å². The van der Waals surface area contributed by atoms with Crippen molar-refractivity contribution in [1.29, 1.82) is 0 Å². The van der Waals surface area contributed by atoms with E-state index in [9.17, 15) is 0 Å². The Kier molecular flexibility index (Phi) is 8.38. The van der Waals surface area contributed by atoms with E-state index >= 15 is 0 Å². The fourth-order valence-electron chi connectivity index (χ4n) is 12.1. The van der Waals surface area contributed by atoms with E-state index in [1.807, 2.05) is 6.07 Å². The first-order valence-corrected chi connectivity index (χ1v) is 24.2. The monoisotopic (exact) mass is 884 g/mol. The van der Waals surface area contributed by atoms with Crippen molar-refractivity contribution in [3.63, 3.8) is 0 Å². The molecule has 0 bridgehead atoms. The quantitative estimate of drug-likeness (QED) is 0.164. The maximum Gasteiger partial charge on any atom is 0.143 e. The zero-order valence-corrected chi connectivity index (χ0v) is 39.1. The number of para-hydroxylation sites is 4. The molecule has 0 spiro atoms. The van der Waals surface area contributed by atoms with E-state index in [2.05, 4.69) is 250 Å². The van der Waals surface area contributed by atoms with Crippen LogP contribution in [0.5, 0.6) is 0 Å². The highest BCUT2D eigenvalue weighted by Gasteiger charge is 2.39. The minimum absolute atomic E-state index is 0.246. The average Bonchev–Trinajstić information content (AvgIpc) is 3.78. The van der Waals surface area contributed by atoms with E-state index in [4.69, 9.17) is 4.42 Å². The summed E-state index contributed by atoms with van der Waals surface area (Å²) in [5.74, 6) is 0. The summed E-state index contributed by atoms with van der Waals surface area (Å²) in [6.07, 6.45) is 0. The molecule has 12 aromatic rings. The van der Waals surface area contributed by atoms with Crippen LogP contribution in [0.4, 0.5) is 34.1 Å². The molecule has 0 aliphatic carbocycles. The number of hydrogen-bond donors (Lipinski definition) is 0. The Morgan fingerprint density at radius 1 is 0.304 bits per heavy atom. The van der Waals surface area contributed by atoms with E-state index in [-0.39, 0.29) is 10.8 Å². The molecule has 3 heteroatoms. The summed E-state index contributed by atoms with van der Waals surface area (Å²) in [5.41, 5.74) is 18.4. The molecule has 0 N–H and O–H groups in total. The molecule has 14 rings (SSSR count). The zero-order valence-electron chi connectivity index (χ0n) is 39.1. The van der Waals surface area contributed by atoms with E-state index < -0.39 is 0 Å². The van der Waals surface area contributed by atoms with Crippen molar-refractivity contribution in [1.82, 2.24) is 0 Å². The van der Waals surface area contributed by atoms with Gasteiger partial charge in [-0.3, -0.25) is 0 Å². The van der Waals surface area contributed by atoms with Crippen molar-refractivity contribution in [2.45, 2.75) is 38.5 Å². The molecule has 0 saturated heterocycles. The third-order valence-electron chi connectivity index (χ3n) is 15.6. The smallest absolute Gasteiger partial charge is 0.143 e. The summed E-state index contributed by atoms with van der Waals surface area (Å²) >= 11 is 0. The summed E-state index contributed by atoms with van der Waals surface area (Å²) in [7, 11) is 0. The maximum atomic E-state index is 6.46. The van der Waals surface area contributed by atoms with Gasteiger partial charge in [0.1, 0.15) is 11.2 Å². The first-order valence-electron chi connectivity index (χ1n) is 24.2. The number of rotatable bonds is 4. The van der Waals surface area contributed by atoms with Gasteiger partial charge in [0.2, 0.25) is 0 Å². The first kappa shape index (κ1) is 39.7. The number of nitrogens with zero attached hydrogens (tertiary/aromatic N) is 2. The Bertz CT molecular complexity index is 4060. The van der Waals surface area contributed by atoms with Crippen LogP contribution >= 0.6 is 0 Å². The molecule has 3 nitrogen and oxygen atoms in total. The molecule has 0 fully saturated rings. The van der Waals surface area contributed by atoms with Crippen LogP contribution in [0, 0.1) is 0 Å². The van der Waals surface area contributed by atoms with Crippen molar-refractivity contribution >= 4 is 88.4 Å². The molecule has 0 amide bonds. The molecule has 1 aromatic heterocycles. The van der Waals surface area contributed by atoms with Gasteiger partial charge in [-0.1, -0.05) is 179 Å². The van der Waals surface area contributed by atoms with Crippen molar-refractivity contribution in [3.8, 4) is 22.3 Å². The van der Waals surface area contributed by atoms with Crippen LogP contribution in [-0.2, 0) is 10.8 Å². The number of anilines is 6. The second kappa shape index (κ2) is 14.6. The number of furan rings is 1. The number of fused-ring (bicyclic) bond motifs is 13. The van der Waals surface area contributed by atoms with Crippen LogP contribution in [0.3, 0.4) is 0 Å². The normalized spacial score (nSPS) is 14.6. The van der Waals surface area contributed by atoms with Crippen molar-refractivity contribution in [2.75, 3.05) is 9.80 Å². The molecule has 69 heavy (non-hydrogen) atoms. The summed E-state index contributed by atoms with van der Waals surface area (Å²) < 4.78 is 6.46. The summed E-state index contributed by atoms with van der Waals surface area (Å²) in [6.45, 7) is 9.53. The minimum Gasteiger partial charge on any atom is -0.455 e. The highest BCUT2D eigenvalue weighted by molar-refractivity contribution is 6.26. The van der Waals surface area contributed by atoms with Gasteiger partial charge in [-0.2, -0.15) is 0 Å². The molecule has 0 radical (unpaired) electrons. The number of benzene rings is 11. The minimum atomic E-state index is -0.247. The molecular weight excluding hydrogens is 837 g/mol.